The zero-order valence-corrected chi connectivity index (χ0v) is 9.66. The molecule has 78 valence electrons. The third kappa shape index (κ3) is 3.31. The molecule has 0 amide bonds. The van der Waals surface area contributed by atoms with Crippen molar-refractivity contribution < 1.29 is 9.53 Å². The zero-order chi connectivity index (χ0) is 10.4. The van der Waals surface area contributed by atoms with Gasteiger partial charge in [0.1, 0.15) is 4.88 Å². The van der Waals surface area contributed by atoms with Crippen LogP contribution < -0.4 is 0 Å². The fourth-order valence-corrected chi connectivity index (χ4v) is 2.05. The lowest BCUT2D eigenvalue weighted by Gasteiger charge is -2.02. The van der Waals surface area contributed by atoms with Crippen LogP contribution in [0.1, 0.15) is 35.9 Å². The highest BCUT2D eigenvalue weighted by Crippen LogP contribution is 2.22. The van der Waals surface area contributed by atoms with Gasteiger partial charge in [-0.3, -0.25) is 0 Å². The predicted molar refractivity (Wildman–Crippen MR) is 59.1 cm³/mol. The van der Waals surface area contributed by atoms with Gasteiger partial charge in [-0.15, -0.1) is 11.3 Å². The Kier molecular flexibility index (Phi) is 4.98. The smallest absolute Gasteiger partial charge is 0.349 e. The molecule has 0 radical (unpaired) electrons. The van der Waals surface area contributed by atoms with E-state index in [1.807, 2.05) is 0 Å². The third-order valence-corrected chi connectivity index (χ3v) is 3.11. The highest BCUT2D eigenvalue weighted by atomic mass is 35.5. The van der Waals surface area contributed by atoms with E-state index in [0.29, 0.717) is 16.5 Å². The zero-order valence-electron chi connectivity index (χ0n) is 8.09. The summed E-state index contributed by atoms with van der Waals surface area (Å²) < 4.78 is 5.06. The maximum Gasteiger partial charge on any atom is 0.349 e. The van der Waals surface area contributed by atoms with Gasteiger partial charge in [0.25, 0.3) is 0 Å². The van der Waals surface area contributed by atoms with E-state index in [1.54, 1.807) is 11.4 Å². The molecule has 0 aliphatic rings. The van der Waals surface area contributed by atoms with Gasteiger partial charge in [-0.05, 0) is 17.9 Å². The molecule has 0 aliphatic heterocycles. The summed E-state index contributed by atoms with van der Waals surface area (Å²) in [5, 5.41) is 2.26. The number of carbonyl (C=O) groups is 1. The minimum absolute atomic E-state index is 0.305. The average Bonchev–Trinajstić information content (AvgIpc) is 2.59. The first-order valence-corrected chi connectivity index (χ1v) is 5.91. The summed E-state index contributed by atoms with van der Waals surface area (Å²) in [5.41, 5.74) is 0. The van der Waals surface area contributed by atoms with Crippen LogP contribution in [0.5, 0.6) is 0 Å². The van der Waals surface area contributed by atoms with E-state index in [1.165, 1.54) is 11.3 Å². The Labute approximate surface area is 92.8 Å². The standard InChI is InChI=1S/C10H13ClO2S/c1-2-3-4-6-13-10(12)9-8(11)5-7-14-9/h5,7H,2-4,6H2,1H3. The first-order chi connectivity index (χ1) is 6.75. The number of esters is 1. The summed E-state index contributed by atoms with van der Waals surface area (Å²) in [6.07, 6.45) is 3.13. The molecule has 14 heavy (non-hydrogen) atoms. The van der Waals surface area contributed by atoms with Crippen LogP contribution in [0.4, 0.5) is 0 Å². The maximum atomic E-state index is 11.4. The van der Waals surface area contributed by atoms with Crippen molar-refractivity contribution in [1.29, 1.82) is 0 Å². The number of rotatable bonds is 5. The normalized spacial score (nSPS) is 10.1. The van der Waals surface area contributed by atoms with E-state index in [4.69, 9.17) is 16.3 Å². The molecule has 0 N–H and O–H groups in total. The van der Waals surface area contributed by atoms with Crippen LogP contribution in [0.3, 0.4) is 0 Å². The van der Waals surface area contributed by atoms with Crippen LogP contribution in [-0.4, -0.2) is 12.6 Å². The molecule has 0 unspecified atom stereocenters. The van der Waals surface area contributed by atoms with Crippen molar-refractivity contribution in [2.45, 2.75) is 26.2 Å². The van der Waals surface area contributed by atoms with Crippen molar-refractivity contribution in [3.8, 4) is 0 Å². The number of carbonyl (C=O) groups excluding carboxylic acids is 1. The minimum Gasteiger partial charge on any atom is -0.461 e. The van der Waals surface area contributed by atoms with Gasteiger partial charge in [0.15, 0.2) is 0 Å². The molecule has 0 saturated carbocycles. The van der Waals surface area contributed by atoms with Gasteiger partial charge in [-0.1, -0.05) is 31.4 Å². The topological polar surface area (TPSA) is 26.3 Å². The Morgan fingerprint density at radius 1 is 1.57 bits per heavy atom. The summed E-state index contributed by atoms with van der Waals surface area (Å²) in [5.74, 6) is -0.305. The maximum absolute atomic E-state index is 11.4. The molecule has 0 spiro atoms. The molecule has 0 atom stereocenters. The summed E-state index contributed by atoms with van der Waals surface area (Å²) in [4.78, 5) is 11.9. The van der Waals surface area contributed by atoms with Crippen molar-refractivity contribution in [3.05, 3.63) is 21.3 Å². The molecule has 1 aromatic heterocycles. The Balaban J connectivity index is 2.32. The number of ether oxygens (including phenoxy) is 1. The number of unbranched alkanes of at least 4 members (excludes halogenated alkanes) is 2. The Morgan fingerprint density at radius 2 is 2.36 bits per heavy atom. The van der Waals surface area contributed by atoms with E-state index >= 15 is 0 Å². The molecule has 0 saturated heterocycles. The molecule has 0 fully saturated rings. The molecule has 0 bridgehead atoms. The quantitative estimate of drug-likeness (QED) is 0.571. The summed E-state index contributed by atoms with van der Waals surface area (Å²) >= 11 is 7.10. The number of halogens is 1. The Bertz CT molecular complexity index is 296. The van der Waals surface area contributed by atoms with Gasteiger partial charge in [0.2, 0.25) is 0 Å². The lowest BCUT2D eigenvalue weighted by molar-refractivity contribution is 0.0504. The second kappa shape index (κ2) is 6.04. The summed E-state index contributed by atoms with van der Waals surface area (Å²) in [6.45, 7) is 2.60. The van der Waals surface area contributed by atoms with Crippen molar-refractivity contribution in [2.24, 2.45) is 0 Å². The second-order valence-corrected chi connectivity index (χ2v) is 4.26. The van der Waals surface area contributed by atoms with Gasteiger partial charge in [0, 0.05) is 0 Å². The van der Waals surface area contributed by atoms with E-state index < -0.39 is 0 Å². The van der Waals surface area contributed by atoms with Crippen LogP contribution in [0.2, 0.25) is 5.02 Å². The molecule has 0 aromatic carbocycles. The lowest BCUT2D eigenvalue weighted by Crippen LogP contribution is -2.04. The fourth-order valence-electron chi connectivity index (χ4n) is 1.02. The van der Waals surface area contributed by atoms with Crippen LogP contribution in [0, 0.1) is 0 Å². The fraction of sp³-hybridized carbons (Fsp3) is 0.500. The van der Waals surface area contributed by atoms with Gasteiger partial charge in [-0.2, -0.15) is 0 Å². The highest BCUT2D eigenvalue weighted by Gasteiger charge is 2.12. The Hall–Kier alpha value is -0.540. The first-order valence-electron chi connectivity index (χ1n) is 4.65. The van der Waals surface area contributed by atoms with Crippen molar-refractivity contribution in [3.63, 3.8) is 0 Å². The molecule has 0 aliphatic carbocycles. The Morgan fingerprint density at radius 3 is 2.93 bits per heavy atom. The summed E-state index contributed by atoms with van der Waals surface area (Å²) in [7, 11) is 0. The average molecular weight is 233 g/mol. The van der Waals surface area contributed by atoms with E-state index in [-0.39, 0.29) is 5.97 Å². The molecule has 1 heterocycles. The number of thiophene rings is 1. The highest BCUT2D eigenvalue weighted by molar-refractivity contribution is 7.12. The largest absolute Gasteiger partial charge is 0.461 e. The molecular formula is C10H13ClO2S. The number of hydrogen-bond donors (Lipinski definition) is 0. The van der Waals surface area contributed by atoms with Gasteiger partial charge >= 0.3 is 5.97 Å². The van der Waals surface area contributed by atoms with Crippen LogP contribution >= 0.6 is 22.9 Å². The van der Waals surface area contributed by atoms with Crippen molar-refractivity contribution >= 4 is 28.9 Å². The van der Waals surface area contributed by atoms with Crippen molar-refractivity contribution in [1.82, 2.24) is 0 Å². The van der Waals surface area contributed by atoms with Crippen LogP contribution in [0.15, 0.2) is 11.4 Å². The predicted octanol–water partition coefficient (Wildman–Crippen LogP) is 3.75. The second-order valence-electron chi connectivity index (χ2n) is 2.94. The van der Waals surface area contributed by atoms with E-state index in [9.17, 15) is 4.79 Å². The lowest BCUT2D eigenvalue weighted by atomic mass is 10.3. The van der Waals surface area contributed by atoms with Crippen LogP contribution in [0.25, 0.3) is 0 Å². The van der Waals surface area contributed by atoms with E-state index in [0.717, 1.165) is 19.3 Å². The number of hydrogen-bond acceptors (Lipinski definition) is 3. The van der Waals surface area contributed by atoms with Gasteiger partial charge in [0.05, 0.1) is 11.6 Å². The van der Waals surface area contributed by atoms with Crippen molar-refractivity contribution in [2.75, 3.05) is 6.61 Å². The van der Waals surface area contributed by atoms with Crippen LogP contribution in [-0.2, 0) is 4.74 Å². The minimum atomic E-state index is -0.305. The molecular weight excluding hydrogens is 220 g/mol. The first kappa shape index (κ1) is 11.5. The monoisotopic (exact) mass is 232 g/mol. The van der Waals surface area contributed by atoms with E-state index in [2.05, 4.69) is 6.92 Å². The van der Waals surface area contributed by atoms with Gasteiger partial charge < -0.3 is 4.74 Å². The molecule has 1 rings (SSSR count). The molecule has 2 nitrogen and oxygen atoms in total. The van der Waals surface area contributed by atoms with Gasteiger partial charge in [-0.25, -0.2) is 4.79 Å². The molecule has 1 aromatic rings. The third-order valence-electron chi connectivity index (χ3n) is 1.78. The molecule has 4 heteroatoms. The SMILES string of the molecule is CCCCCOC(=O)c1sccc1Cl. The summed E-state index contributed by atoms with van der Waals surface area (Å²) in [6, 6.07) is 1.70.